The molecule has 0 spiro atoms. The summed E-state index contributed by atoms with van der Waals surface area (Å²) in [6.45, 7) is 6.41. The third-order valence-electron chi connectivity index (χ3n) is 6.20. The molecule has 30 heavy (non-hydrogen) atoms. The second-order valence-electron chi connectivity index (χ2n) is 8.48. The molecule has 1 aliphatic heterocycles. The fourth-order valence-electron chi connectivity index (χ4n) is 4.32. The Bertz CT molecular complexity index is 923. The first-order valence-electron chi connectivity index (χ1n) is 11.0. The van der Waals surface area contributed by atoms with Gasteiger partial charge in [0.2, 0.25) is 0 Å². The highest BCUT2D eigenvalue weighted by molar-refractivity contribution is 5.59. The predicted octanol–water partition coefficient (Wildman–Crippen LogP) is 4.59. The summed E-state index contributed by atoms with van der Waals surface area (Å²) >= 11 is 0. The lowest BCUT2D eigenvalue weighted by Gasteiger charge is -2.37. The first kappa shape index (κ1) is 20.7. The maximum Gasteiger partial charge on any atom is 0.159 e. The van der Waals surface area contributed by atoms with Crippen LogP contribution in [0.5, 0.6) is 0 Å². The van der Waals surface area contributed by atoms with Crippen LogP contribution in [0.2, 0.25) is 0 Å². The minimum atomic E-state index is 0.620. The SMILES string of the molecule is Cc1ccccc1-c1ncc(CN2CCC[C@H](N(C)CCc3ccccc3)C2)cn1. The summed E-state index contributed by atoms with van der Waals surface area (Å²) in [5.74, 6) is 0.814. The lowest BCUT2D eigenvalue weighted by atomic mass is 10.0. The van der Waals surface area contributed by atoms with Crippen molar-refractivity contribution in [1.82, 2.24) is 19.8 Å². The second kappa shape index (κ2) is 9.96. The topological polar surface area (TPSA) is 32.3 Å². The third-order valence-corrected chi connectivity index (χ3v) is 6.20. The quantitative estimate of drug-likeness (QED) is 0.581. The van der Waals surface area contributed by atoms with Gasteiger partial charge in [-0.3, -0.25) is 4.90 Å². The third kappa shape index (κ3) is 5.32. The molecule has 0 N–H and O–H groups in total. The van der Waals surface area contributed by atoms with Gasteiger partial charge in [0.25, 0.3) is 0 Å². The first-order valence-corrected chi connectivity index (χ1v) is 11.0. The highest BCUT2D eigenvalue weighted by Crippen LogP contribution is 2.20. The fourth-order valence-corrected chi connectivity index (χ4v) is 4.32. The lowest BCUT2D eigenvalue weighted by Crippen LogP contribution is -2.46. The molecule has 0 radical (unpaired) electrons. The maximum atomic E-state index is 4.64. The summed E-state index contributed by atoms with van der Waals surface area (Å²) in [4.78, 5) is 14.4. The molecule has 0 aliphatic carbocycles. The Morgan fingerprint density at radius 2 is 1.70 bits per heavy atom. The molecule has 0 saturated carbocycles. The molecule has 0 unspecified atom stereocenters. The van der Waals surface area contributed by atoms with Crippen molar-refractivity contribution in [3.05, 3.63) is 83.7 Å². The highest BCUT2D eigenvalue weighted by atomic mass is 15.2. The molecule has 1 saturated heterocycles. The van der Waals surface area contributed by atoms with E-state index in [0.29, 0.717) is 6.04 Å². The predicted molar refractivity (Wildman–Crippen MR) is 123 cm³/mol. The van der Waals surface area contributed by atoms with Crippen LogP contribution in [-0.4, -0.2) is 52.5 Å². The summed E-state index contributed by atoms with van der Waals surface area (Å²) in [7, 11) is 2.28. The molecule has 0 bridgehead atoms. The number of likely N-dealkylation sites (N-methyl/N-ethyl adjacent to an activating group) is 1. The molecule has 1 aromatic heterocycles. The molecule has 3 aromatic rings. The molecule has 1 aliphatic rings. The minimum absolute atomic E-state index is 0.620. The van der Waals surface area contributed by atoms with E-state index in [1.807, 2.05) is 18.5 Å². The summed E-state index contributed by atoms with van der Waals surface area (Å²) < 4.78 is 0. The summed E-state index contributed by atoms with van der Waals surface area (Å²) in [6.07, 6.45) is 7.64. The van der Waals surface area contributed by atoms with E-state index in [-0.39, 0.29) is 0 Å². The van der Waals surface area contributed by atoms with Gasteiger partial charge >= 0.3 is 0 Å². The van der Waals surface area contributed by atoms with Crippen LogP contribution in [0.25, 0.3) is 11.4 Å². The number of aromatic nitrogens is 2. The van der Waals surface area contributed by atoms with Crippen LogP contribution in [0.15, 0.2) is 67.0 Å². The van der Waals surface area contributed by atoms with Crippen molar-refractivity contribution in [2.75, 3.05) is 26.7 Å². The zero-order chi connectivity index (χ0) is 20.8. The van der Waals surface area contributed by atoms with Crippen LogP contribution in [0, 0.1) is 6.92 Å². The molecule has 2 aromatic carbocycles. The number of benzene rings is 2. The van der Waals surface area contributed by atoms with E-state index in [9.17, 15) is 0 Å². The molecular weight excluding hydrogens is 368 g/mol. The van der Waals surface area contributed by atoms with E-state index >= 15 is 0 Å². The van der Waals surface area contributed by atoms with Crippen molar-refractivity contribution in [1.29, 1.82) is 0 Å². The van der Waals surface area contributed by atoms with Crippen LogP contribution in [-0.2, 0) is 13.0 Å². The van der Waals surface area contributed by atoms with Gasteiger partial charge < -0.3 is 4.90 Å². The van der Waals surface area contributed by atoms with Crippen molar-refractivity contribution in [3.63, 3.8) is 0 Å². The highest BCUT2D eigenvalue weighted by Gasteiger charge is 2.23. The number of hydrogen-bond donors (Lipinski definition) is 0. The Kier molecular flexibility index (Phi) is 6.88. The van der Waals surface area contributed by atoms with Gasteiger partial charge in [0.05, 0.1) is 0 Å². The Labute approximate surface area is 180 Å². The van der Waals surface area contributed by atoms with Gasteiger partial charge in [-0.05, 0) is 50.9 Å². The van der Waals surface area contributed by atoms with E-state index < -0.39 is 0 Å². The van der Waals surface area contributed by atoms with E-state index in [0.717, 1.165) is 44.0 Å². The van der Waals surface area contributed by atoms with E-state index in [1.165, 1.54) is 29.5 Å². The lowest BCUT2D eigenvalue weighted by molar-refractivity contribution is 0.112. The fraction of sp³-hybridized carbons (Fsp3) is 0.385. The molecule has 4 heteroatoms. The van der Waals surface area contributed by atoms with E-state index in [2.05, 4.69) is 82.3 Å². The summed E-state index contributed by atoms with van der Waals surface area (Å²) in [5.41, 5.74) is 4.94. The number of nitrogens with zero attached hydrogens (tertiary/aromatic N) is 4. The van der Waals surface area contributed by atoms with Gasteiger partial charge in [0.1, 0.15) is 0 Å². The van der Waals surface area contributed by atoms with Gasteiger partial charge in [-0.1, -0.05) is 54.6 Å². The maximum absolute atomic E-state index is 4.64. The molecule has 1 fully saturated rings. The number of rotatable bonds is 7. The van der Waals surface area contributed by atoms with Gasteiger partial charge in [-0.2, -0.15) is 0 Å². The van der Waals surface area contributed by atoms with Gasteiger partial charge in [0, 0.05) is 49.2 Å². The van der Waals surface area contributed by atoms with Crippen molar-refractivity contribution in [3.8, 4) is 11.4 Å². The van der Waals surface area contributed by atoms with Gasteiger partial charge in [0.15, 0.2) is 5.82 Å². The minimum Gasteiger partial charge on any atom is -0.302 e. The Hall–Kier alpha value is -2.56. The largest absolute Gasteiger partial charge is 0.302 e. The van der Waals surface area contributed by atoms with Crippen LogP contribution in [0.4, 0.5) is 0 Å². The Morgan fingerprint density at radius 1 is 0.967 bits per heavy atom. The van der Waals surface area contributed by atoms with Crippen LogP contribution < -0.4 is 0 Å². The van der Waals surface area contributed by atoms with E-state index in [1.54, 1.807) is 0 Å². The van der Waals surface area contributed by atoms with Crippen LogP contribution in [0.1, 0.15) is 29.5 Å². The molecule has 0 amide bonds. The average Bonchev–Trinajstić information content (AvgIpc) is 2.79. The molecule has 1 atom stereocenters. The smallest absolute Gasteiger partial charge is 0.159 e. The molecule has 4 rings (SSSR count). The summed E-state index contributed by atoms with van der Waals surface area (Å²) in [6, 6.07) is 19.7. The molecular formula is C26H32N4. The second-order valence-corrected chi connectivity index (χ2v) is 8.48. The van der Waals surface area contributed by atoms with Gasteiger partial charge in [-0.25, -0.2) is 9.97 Å². The number of piperidine rings is 1. The Morgan fingerprint density at radius 3 is 2.47 bits per heavy atom. The zero-order valence-electron chi connectivity index (χ0n) is 18.2. The van der Waals surface area contributed by atoms with Crippen LogP contribution in [0.3, 0.4) is 0 Å². The normalized spacial score (nSPS) is 17.4. The Balaban J connectivity index is 1.32. The number of hydrogen-bond acceptors (Lipinski definition) is 4. The van der Waals surface area contributed by atoms with Crippen molar-refractivity contribution in [2.45, 2.75) is 38.8 Å². The number of likely N-dealkylation sites (tertiary alicyclic amines) is 1. The summed E-state index contributed by atoms with van der Waals surface area (Å²) in [5, 5.41) is 0. The zero-order valence-corrected chi connectivity index (χ0v) is 18.2. The molecule has 156 valence electrons. The standard InChI is InChI=1S/C26H32N4/c1-21-9-6-7-13-25(21)26-27-17-23(18-28-26)19-30-15-8-12-24(20-30)29(2)16-14-22-10-4-3-5-11-22/h3-7,9-11,13,17-18,24H,8,12,14-16,19-20H2,1-2H3/t24-/m0/s1. The molecule has 2 heterocycles. The number of aryl methyl sites for hydroxylation is 1. The van der Waals surface area contributed by atoms with Crippen molar-refractivity contribution in [2.24, 2.45) is 0 Å². The van der Waals surface area contributed by atoms with E-state index in [4.69, 9.17) is 0 Å². The molecule has 4 nitrogen and oxygen atoms in total. The van der Waals surface area contributed by atoms with Gasteiger partial charge in [-0.15, -0.1) is 0 Å². The average molecular weight is 401 g/mol. The van der Waals surface area contributed by atoms with Crippen molar-refractivity contribution < 1.29 is 0 Å². The monoisotopic (exact) mass is 400 g/mol. The van der Waals surface area contributed by atoms with Crippen molar-refractivity contribution >= 4 is 0 Å². The first-order chi connectivity index (χ1) is 14.7. The van der Waals surface area contributed by atoms with Crippen LogP contribution >= 0.6 is 0 Å².